The Labute approximate surface area is 158 Å². The van der Waals surface area contributed by atoms with Gasteiger partial charge >= 0.3 is 0 Å². The summed E-state index contributed by atoms with van der Waals surface area (Å²) >= 11 is 0. The minimum atomic E-state index is -0.285. The summed E-state index contributed by atoms with van der Waals surface area (Å²) in [5, 5.41) is 14.3. The van der Waals surface area contributed by atoms with Gasteiger partial charge in [-0.3, -0.25) is 19.4 Å². The number of carbonyl (C=O) groups excluding carboxylic acids is 2. The molecule has 2 N–H and O–H groups in total. The molecule has 1 aliphatic rings. The van der Waals surface area contributed by atoms with Gasteiger partial charge in [-0.15, -0.1) is 0 Å². The van der Waals surface area contributed by atoms with Crippen LogP contribution in [0.2, 0.25) is 0 Å². The Balaban J connectivity index is 1.82. The number of aryl methyl sites for hydroxylation is 2. The first-order chi connectivity index (χ1) is 12.9. The fraction of sp³-hybridized carbons (Fsp3) is 0.611. The molecule has 3 rings (SSSR count). The molecule has 146 valence electrons. The molecule has 2 aromatic heterocycles. The van der Waals surface area contributed by atoms with E-state index < -0.39 is 0 Å². The molecule has 2 amide bonds. The molecule has 0 aromatic carbocycles. The van der Waals surface area contributed by atoms with Gasteiger partial charge in [-0.2, -0.15) is 10.2 Å². The molecule has 0 bridgehead atoms. The number of likely N-dealkylation sites (tertiary alicyclic amines) is 1. The van der Waals surface area contributed by atoms with Crippen LogP contribution in [-0.2, 0) is 11.3 Å². The zero-order valence-electron chi connectivity index (χ0n) is 16.3. The Morgan fingerprint density at radius 1 is 1.41 bits per heavy atom. The third-order valence-electron chi connectivity index (χ3n) is 4.67. The minimum Gasteiger partial charge on any atom is -0.351 e. The number of amides is 2. The smallest absolute Gasteiger partial charge is 0.272 e. The van der Waals surface area contributed by atoms with Crippen LogP contribution in [0.25, 0.3) is 0 Å². The fourth-order valence-electron chi connectivity index (χ4n) is 3.49. The van der Waals surface area contributed by atoms with Crippen molar-refractivity contribution in [1.82, 2.24) is 35.2 Å². The summed E-state index contributed by atoms with van der Waals surface area (Å²) in [5.74, 6) is 1.44. The second-order valence-electron chi connectivity index (χ2n) is 7.38. The highest BCUT2D eigenvalue weighted by Gasteiger charge is 2.40. The standard InChI is InChI=1S/C18H27N7O2/c1-5-25-14(6-7-19-25)18(27)24-10-13(21-16(26)8-11(2)3)9-15(24)17-20-12(4)22-23-17/h6-7,11,13,15H,5,8-10H2,1-4H3,(H,21,26)(H,20,22,23)/t13-,15-/m0/s1. The second-order valence-corrected chi connectivity index (χ2v) is 7.38. The lowest BCUT2D eigenvalue weighted by atomic mass is 10.1. The third-order valence-corrected chi connectivity index (χ3v) is 4.67. The second kappa shape index (κ2) is 7.89. The van der Waals surface area contributed by atoms with E-state index >= 15 is 0 Å². The van der Waals surface area contributed by atoms with Gasteiger partial charge in [-0.1, -0.05) is 13.8 Å². The number of carbonyl (C=O) groups is 2. The number of H-pyrrole nitrogens is 1. The van der Waals surface area contributed by atoms with Crippen molar-refractivity contribution >= 4 is 11.8 Å². The Morgan fingerprint density at radius 3 is 2.81 bits per heavy atom. The summed E-state index contributed by atoms with van der Waals surface area (Å²) in [6, 6.07) is 1.31. The molecule has 0 radical (unpaired) electrons. The first-order valence-corrected chi connectivity index (χ1v) is 9.40. The minimum absolute atomic E-state index is 0.00724. The van der Waals surface area contributed by atoms with Crippen LogP contribution < -0.4 is 5.32 Å². The van der Waals surface area contributed by atoms with Crippen LogP contribution in [0.4, 0.5) is 0 Å². The highest BCUT2D eigenvalue weighted by molar-refractivity contribution is 5.93. The van der Waals surface area contributed by atoms with Crippen molar-refractivity contribution in [2.45, 2.75) is 59.2 Å². The van der Waals surface area contributed by atoms with E-state index in [9.17, 15) is 9.59 Å². The molecule has 1 fully saturated rings. The van der Waals surface area contributed by atoms with Crippen molar-refractivity contribution in [3.8, 4) is 0 Å². The topological polar surface area (TPSA) is 109 Å². The Kier molecular flexibility index (Phi) is 5.57. The molecule has 2 aromatic rings. The van der Waals surface area contributed by atoms with Crippen molar-refractivity contribution in [2.24, 2.45) is 5.92 Å². The predicted molar refractivity (Wildman–Crippen MR) is 98.8 cm³/mol. The molecular formula is C18H27N7O2. The average Bonchev–Trinajstić information content (AvgIpc) is 3.31. The van der Waals surface area contributed by atoms with Crippen LogP contribution in [0.3, 0.4) is 0 Å². The number of aromatic amines is 1. The van der Waals surface area contributed by atoms with Gasteiger partial charge in [0.25, 0.3) is 5.91 Å². The van der Waals surface area contributed by atoms with Crippen LogP contribution in [0.15, 0.2) is 12.3 Å². The fourth-order valence-corrected chi connectivity index (χ4v) is 3.49. The lowest BCUT2D eigenvalue weighted by Gasteiger charge is -2.22. The number of aromatic nitrogens is 5. The number of hydrogen-bond donors (Lipinski definition) is 2. The SMILES string of the molecule is CCn1nccc1C(=O)N1C[C@@H](NC(=O)CC(C)C)C[C@H]1c1n[nH]c(C)n1. The highest BCUT2D eigenvalue weighted by Crippen LogP contribution is 2.31. The lowest BCUT2D eigenvalue weighted by molar-refractivity contribution is -0.122. The van der Waals surface area contributed by atoms with Crippen LogP contribution in [0.5, 0.6) is 0 Å². The van der Waals surface area contributed by atoms with Gasteiger partial charge in [0.15, 0.2) is 5.82 Å². The zero-order chi connectivity index (χ0) is 19.6. The maximum absolute atomic E-state index is 13.2. The molecule has 0 unspecified atom stereocenters. The van der Waals surface area contributed by atoms with E-state index in [-0.39, 0.29) is 29.8 Å². The predicted octanol–water partition coefficient (Wildman–Crippen LogP) is 1.45. The molecule has 27 heavy (non-hydrogen) atoms. The van der Waals surface area contributed by atoms with E-state index in [2.05, 4.69) is 25.6 Å². The van der Waals surface area contributed by atoms with Crippen LogP contribution in [0, 0.1) is 12.8 Å². The van der Waals surface area contributed by atoms with Gasteiger partial charge in [0.2, 0.25) is 5.91 Å². The first-order valence-electron chi connectivity index (χ1n) is 9.40. The van der Waals surface area contributed by atoms with Gasteiger partial charge < -0.3 is 10.2 Å². The Bertz CT molecular complexity index is 810. The van der Waals surface area contributed by atoms with Crippen molar-refractivity contribution in [2.75, 3.05) is 6.54 Å². The lowest BCUT2D eigenvalue weighted by Crippen LogP contribution is -2.39. The molecule has 2 atom stereocenters. The van der Waals surface area contributed by atoms with E-state index in [0.29, 0.717) is 43.3 Å². The van der Waals surface area contributed by atoms with E-state index in [4.69, 9.17) is 0 Å². The van der Waals surface area contributed by atoms with Gasteiger partial charge in [-0.25, -0.2) is 4.98 Å². The number of rotatable bonds is 6. The summed E-state index contributed by atoms with van der Waals surface area (Å²) in [6.45, 7) is 8.82. The van der Waals surface area contributed by atoms with Gasteiger partial charge in [0.1, 0.15) is 11.5 Å². The van der Waals surface area contributed by atoms with Gasteiger partial charge in [-0.05, 0) is 32.3 Å². The normalized spacial score (nSPS) is 19.7. The average molecular weight is 373 g/mol. The molecule has 0 aliphatic carbocycles. The number of hydrogen-bond acceptors (Lipinski definition) is 5. The molecular weight excluding hydrogens is 346 g/mol. The summed E-state index contributed by atoms with van der Waals surface area (Å²) in [7, 11) is 0. The molecule has 3 heterocycles. The van der Waals surface area contributed by atoms with Crippen LogP contribution in [0.1, 0.15) is 61.8 Å². The van der Waals surface area contributed by atoms with Crippen LogP contribution >= 0.6 is 0 Å². The molecule has 9 heteroatoms. The van der Waals surface area contributed by atoms with E-state index in [1.54, 1.807) is 21.8 Å². The Morgan fingerprint density at radius 2 is 2.19 bits per heavy atom. The summed E-state index contributed by atoms with van der Waals surface area (Å²) in [5.41, 5.74) is 0.531. The molecule has 0 spiro atoms. The van der Waals surface area contributed by atoms with Crippen molar-refractivity contribution < 1.29 is 9.59 Å². The van der Waals surface area contributed by atoms with E-state index in [1.165, 1.54) is 0 Å². The molecule has 0 saturated carbocycles. The zero-order valence-corrected chi connectivity index (χ0v) is 16.3. The van der Waals surface area contributed by atoms with Gasteiger partial charge in [0, 0.05) is 31.7 Å². The van der Waals surface area contributed by atoms with Gasteiger partial charge in [0.05, 0.1) is 6.04 Å². The van der Waals surface area contributed by atoms with Crippen molar-refractivity contribution in [3.63, 3.8) is 0 Å². The largest absolute Gasteiger partial charge is 0.351 e. The summed E-state index contributed by atoms with van der Waals surface area (Å²) < 4.78 is 1.67. The Hall–Kier alpha value is -2.71. The molecule has 9 nitrogen and oxygen atoms in total. The monoisotopic (exact) mass is 373 g/mol. The quantitative estimate of drug-likeness (QED) is 0.796. The highest BCUT2D eigenvalue weighted by atomic mass is 16.2. The van der Waals surface area contributed by atoms with Crippen molar-refractivity contribution in [3.05, 3.63) is 29.6 Å². The summed E-state index contributed by atoms with van der Waals surface area (Å²) in [4.78, 5) is 31.5. The summed E-state index contributed by atoms with van der Waals surface area (Å²) in [6.07, 6.45) is 2.69. The third kappa shape index (κ3) is 4.17. The maximum Gasteiger partial charge on any atom is 0.272 e. The first kappa shape index (κ1) is 19.1. The maximum atomic E-state index is 13.2. The number of nitrogens with zero attached hydrogens (tertiary/aromatic N) is 5. The van der Waals surface area contributed by atoms with E-state index in [0.717, 1.165) is 0 Å². The number of nitrogens with one attached hydrogen (secondary N) is 2. The molecule has 1 aliphatic heterocycles. The van der Waals surface area contributed by atoms with Crippen molar-refractivity contribution in [1.29, 1.82) is 0 Å². The molecule has 1 saturated heterocycles. The van der Waals surface area contributed by atoms with Crippen LogP contribution in [-0.4, -0.2) is 54.3 Å². The van der Waals surface area contributed by atoms with E-state index in [1.807, 2.05) is 27.7 Å².